The molecule has 5 nitrogen and oxygen atoms in total. The average molecular weight is 518 g/mol. The van der Waals surface area contributed by atoms with Gasteiger partial charge in [0.05, 0.1) is 11.1 Å². The third kappa shape index (κ3) is 5.24. The van der Waals surface area contributed by atoms with E-state index in [9.17, 15) is 13.6 Å². The van der Waals surface area contributed by atoms with Crippen LogP contribution in [0.4, 0.5) is 8.78 Å². The first-order valence-corrected chi connectivity index (χ1v) is 12.8. The Labute approximate surface area is 217 Å². The molecule has 0 aliphatic heterocycles. The van der Waals surface area contributed by atoms with Gasteiger partial charge in [-0.1, -0.05) is 61.6 Å². The molecular formula is C29H25F2N3O2S. The molecule has 0 saturated carbocycles. The predicted octanol–water partition coefficient (Wildman–Crippen LogP) is 7.27. The van der Waals surface area contributed by atoms with Gasteiger partial charge in [-0.05, 0) is 41.3 Å². The van der Waals surface area contributed by atoms with E-state index in [0.29, 0.717) is 28.6 Å². The second-order valence-corrected chi connectivity index (χ2v) is 9.85. The number of amides is 1. The van der Waals surface area contributed by atoms with Crippen LogP contribution in [-0.4, -0.2) is 15.5 Å². The number of hydrogen-bond donors (Lipinski definition) is 1. The molecule has 8 heteroatoms. The minimum Gasteiger partial charge on any atom is -0.431 e. The maximum atomic E-state index is 13.7. The van der Waals surface area contributed by atoms with Crippen LogP contribution in [0.1, 0.15) is 46.9 Å². The van der Waals surface area contributed by atoms with E-state index in [-0.39, 0.29) is 18.4 Å². The molecule has 0 aliphatic rings. The van der Waals surface area contributed by atoms with Crippen molar-refractivity contribution in [3.63, 3.8) is 0 Å². The van der Waals surface area contributed by atoms with E-state index in [2.05, 4.69) is 40.8 Å². The van der Waals surface area contributed by atoms with Gasteiger partial charge in [0.1, 0.15) is 5.75 Å². The van der Waals surface area contributed by atoms with Crippen LogP contribution in [-0.2, 0) is 13.1 Å². The first-order chi connectivity index (χ1) is 17.9. The summed E-state index contributed by atoms with van der Waals surface area (Å²) < 4.78 is 35.1. The van der Waals surface area contributed by atoms with Crippen LogP contribution in [0.3, 0.4) is 0 Å². The number of carbonyl (C=O) groups is 1. The highest BCUT2D eigenvalue weighted by atomic mass is 32.1. The Morgan fingerprint density at radius 3 is 2.54 bits per heavy atom. The summed E-state index contributed by atoms with van der Waals surface area (Å²) in [6.07, 6.45) is 1.68. The molecule has 5 aromatic rings. The van der Waals surface area contributed by atoms with Gasteiger partial charge >= 0.3 is 0 Å². The molecule has 188 valence electrons. The minimum atomic E-state index is -0.943. The fraction of sp³-hybridized carbons (Fsp3) is 0.172. The number of nitrogens with zero attached hydrogens (tertiary/aromatic N) is 2. The Morgan fingerprint density at radius 1 is 1.03 bits per heavy atom. The van der Waals surface area contributed by atoms with Gasteiger partial charge < -0.3 is 14.6 Å². The highest BCUT2D eigenvalue weighted by Crippen LogP contribution is 2.35. The average Bonchev–Trinajstić information content (AvgIpc) is 3.51. The lowest BCUT2D eigenvalue weighted by Crippen LogP contribution is -2.24. The van der Waals surface area contributed by atoms with Gasteiger partial charge in [0.25, 0.3) is 11.1 Å². The van der Waals surface area contributed by atoms with Crippen LogP contribution in [0.25, 0.3) is 10.9 Å². The summed E-state index contributed by atoms with van der Waals surface area (Å²) >= 11 is 1.40. The van der Waals surface area contributed by atoms with Crippen molar-refractivity contribution in [3.8, 4) is 10.9 Å². The summed E-state index contributed by atoms with van der Waals surface area (Å²) in [5, 5.41) is 6.06. The van der Waals surface area contributed by atoms with E-state index in [0.717, 1.165) is 34.3 Å². The highest BCUT2D eigenvalue weighted by molar-refractivity contribution is 7.11. The van der Waals surface area contributed by atoms with Gasteiger partial charge in [-0.25, -0.2) is 13.8 Å². The number of halogens is 2. The largest absolute Gasteiger partial charge is 0.431 e. The monoisotopic (exact) mass is 517 g/mol. The molecular weight excluding hydrogens is 492 g/mol. The molecule has 0 fully saturated rings. The zero-order valence-electron chi connectivity index (χ0n) is 20.4. The number of hydrogen-bond acceptors (Lipinski definition) is 4. The summed E-state index contributed by atoms with van der Waals surface area (Å²) in [6.45, 7) is 4.75. The number of rotatable bonds is 8. The first kappa shape index (κ1) is 24.6. The van der Waals surface area contributed by atoms with E-state index in [1.807, 2.05) is 41.8 Å². The Kier molecular flexibility index (Phi) is 7.01. The van der Waals surface area contributed by atoms with E-state index < -0.39 is 11.6 Å². The van der Waals surface area contributed by atoms with Crippen molar-refractivity contribution in [2.24, 2.45) is 0 Å². The van der Waals surface area contributed by atoms with E-state index in [1.54, 1.807) is 6.20 Å². The summed E-state index contributed by atoms with van der Waals surface area (Å²) in [4.78, 5) is 17.8. The summed E-state index contributed by atoms with van der Waals surface area (Å²) in [5.74, 6) is -1.49. The van der Waals surface area contributed by atoms with Crippen LogP contribution < -0.4 is 10.1 Å². The first-order valence-electron chi connectivity index (χ1n) is 11.9. The van der Waals surface area contributed by atoms with Gasteiger partial charge in [-0.3, -0.25) is 4.79 Å². The number of nitrogens with one attached hydrogen (secondary N) is 1. The minimum absolute atomic E-state index is 0.0310. The van der Waals surface area contributed by atoms with Crippen molar-refractivity contribution in [2.45, 2.75) is 32.9 Å². The lowest BCUT2D eigenvalue weighted by Gasteiger charge is -2.16. The topological polar surface area (TPSA) is 56.1 Å². The summed E-state index contributed by atoms with van der Waals surface area (Å²) in [5.41, 5.74) is 3.88. The van der Waals surface area contributed by atoms with Crippen LogP contribution >= 0.6 is 11.3 Å². The molecule has 0 atom stereocenters. The Balaban J connectivity index is 1.57. The number of benzene rings is 3. The zero-order chi connectivity index (χ0) is 25.9. The Hall–Kier alpha value is -4.04. The van der Waals surface area contributed by atoms with Crippen molar-refractivity contribution < 1.29 is 18.3 Å². The standard InChI is InChI=1S/C29H25F2N3O2S/c1-18(2)27-26(28(35)33-16-20-8-11-23(30)24(31)14-20)22-10-9-21(36-29-32-12-13-37-29)15-25(22)34(27)17-19-6-4-3-5-7-19/h3-15,18H,16-17H2,1-2H3,(H,33,35). The maximum absolute atomic E-state index is 13.7. The molecule has 1 N–H and O–H groups in total. The van der Waals surface area contributed by atoms with Crippen LogP contribution in [0.15, 0.2) is 78.3 Å². The van der Waals surface area contributed by atoms with Crippen molar-refractivity contribution in [1.29, 1.82) is 0 Å². The Bertz CT molecular complexity index is 1550. The molecule has 5 rings (SSSR count). The smallest absolute Gasteiger partial charge is 0.278 e. The predicted molar refractivity (Wildman–Crippen MR) is 141 cm³/mol. The van der Waals surface area contributed by atoms with Gasteiger partial charge in [0.15, 0.2) is 11.6 Å². The third-order valence-electron chi connectivity index (χ3n) is 6.09. The SMILES string of the molecule is CC(C)c1c(C(=O)NCc2ccc(F)c(F)c2)c2ccc(Oc3nccs3)cc2n1Cc1ccccc1. The van der Waals surface area contributed by atoms with E-state index in [1.165, 1.54) is 17.4 Å². The van der Waals surface area contributed by atoms with Crippen LogP contribution in [0.5, 0.6) is 10.9 Å². The molecule has 2 aromatic heterocycles. The van der Waals surface area contributed by atoms with Gasteiger partial charge in [0.2, 0.25) is 0 Å². The number of thiazole rings is 1. The third-order valence-corrected chi connectivity index (χ3v) is 6.73. The molecule has 0 unspecified atom stereocenters. The van der Waals surface area contributed by atoms with Gasteiger partial charge in [-0.15, -0.1) is 0 Å². The second kappa shape index (κ2) is 10.5. The normalized spacial score (nSPS) is 11.3. The van der Waals surface area contributed by atoms with E-state index in [4.69, 9.17) is 4.74 Å². The number of aromatic nitrogens is 2. The second-order valence-electron chi connectivity index (χ2n) is 9.00. The number of ether oxygens (including phenoxy) is 1. The van der Waals surface area contributed by atoms with Crippen molar-refractivity contribution in [3.05, 3.63) is 112 Å². The van der Waals surface area contributed by atoms with Crippen LogP contribution in [0.2, 0.25) is 0 Å². The molecule has 3 aromatic carbocycles. The number of fused-ring (bicyclic) bond motifs is 1. The molecule has 0 aliphatic carbocycles. The molecule has 37 heavy (non-hydrogen) atoms. The zero-order valence-corrected chi connectivity index (χ0v) is 21.2. The van der Waals surface area contributed by atoms with E-state index >= 15 is 0 Å². The van der Waals surface area contributed by atoms with Crippen molar-refractivity contribution in [1.82, 2.24) is 14.9 Å². The molecule has 0 saturated heterocycles. The lowest BCUT2D eigenvalue weighted by atomic mass is 10.0. The van der Waals surface area contributed by atoms with Crippen molar-refractivity contribution in [2.75, 3.05) is 0 Å². The summed E-state index contributed by atoms with van der Waals surface area (Å²) in [7, 11) is 0. The summed E-state index contributed by atoms with van der Waals surface area (Å²) in [6, 6.07) is 19.3. The quantitative estimate of drug-likeness (QED) is 0.236. The molecule has 0 radical (unpaired) electrons. The fourth-order valence-corrected chi connectivity index (χ4v) is 4.97. The van der Waals surface area contributed by atoms with Gasteiger partial charge in [0, 0.05) is 41.8 Å². The maximum Gasteiger partial charge on any atom is 0.278 e. The molecule has 0 bridgehead atoms. The molecule has 0 spiro atoms. The van der Waals surface area contributed by atoms with Crippen molar-refractivity contribution >= 4 is 28.1 Å². The van der Waals surface area contributed by atoms with Gasteiger partial charge in [-0.2, -0.15) is 0 Å². The fourth-order valence-electron chi connectivity index (χ4n) is 4.47. The van der Waals surface area contributed by atoms with Crippen LogP contribution in [0, 0.1) is 11.6 Å². The molecule has 2 heterocycles. The molecule has 1 amide bonds. The highest BCUT2D eigenvalue weighted by Gasteiger charge is 2.25. The number of carbonyl (C=O) groups excluding carboxylic acids is 1. The lowest BCUT2D eigenvalue weighted by molar-refractivity contribution is 0.0951. The Morgan fingerprint density at radius 2 is 1.84 bits per heavy atom.